The van der Waals surface area contributed by atoms with Crippen molar-refractivity contribution in [2.24, 2.45) is 0 Å². The van der Waals surface area contributed by atoms with Gasteiger partial charge in [-0.3, -0.25) is 0 Å². The van der Waals surface area contributed by atoms with Crippen molar-refractivity contribution in [2.75, 3.05) is 6.61 Å². The van der Waals surface area contributed by atoms with E-state index in [1.54, 1.807) is 0 Å². The first-order valence-electron chi connectivity index (χ1n) is 7.09. The van der Waals surface area contributed by atoms with Crippen LogP contribution >= 0.6 is 15.9 Å². The highest BCUT2D eigenvalue weighted by Gasteiger charge is 2.23. The number of benzene rings is 1. The molecule has 2 aliphatic rings. The molecule has 1 aliphatic carbocycles. The number of fused-ring (bicyclic) bond motifs is 1. The second-order valence-electron chi connectivity index (χ2n) is 5.49. The van der Waals surface area contributed by atoms with Gasteiger partial charge in [0, 0.05) is 29.0 Å². The fourth-order valence-corrected chi connectivity index (χ4v) is 3.62. The molecule has 0 aromatic heterocycles. The highest BCUT2D eigenvalue weighted by atomic mass is 79.9. The van der Waals surface area contributed by atoms with E-state index in [2.05, 4.69) is 33.4 Å². The van der Waals surface area contributed by atoms with Gasteiger partial charge in [-0.15, -0.1) is 0 Å². The van der Waals surface area contributed by atoms with Crippen molar-refractivity contribution < 1.29 is 9.84 Å². The molecular weight excluding hydrogens is 306 g/mol. The van der Waals surface area contributed by atoms with Crippen molar-refractivity contribution in [1.82, 2.24) is 5.32 Å². The number of nitrogens with one attached hydrogen (secondary N) is 1. The zero-order chi connectivity index (χ0) is 13.2. The molecule has 0 amide bonds. The predicted molar refractivity (Wildman–Crippen MR) is 78.4 cm³/mol. The predicted octanol–water partition coefficient (Wildman–Crippen LogP) is 2.78. The monoisotopic (exact) mass is 325 g/mol. The Hall–Kier alpha value is -0.580. The van der Waals surface area contributed by atoms with E-state index < -0.39 is 0 Å². The highest BCUT2D eigenvalue weighted by molar-refractivity contribution is 9.10. The van der Waals surface area contributed by atoms with Gasteiger partial charge in [0.15, 0.2) is 0 Å². The Bertz CT molecular complexity index is 464. The fourth-order valence-electron chi connectivity index (χ4n) is 3.07. The third kappa shape index (κ3) is 2.96. The van der Waals surface area contributed by atoms with Crippen LogP contribution in [0.1, 0.15) is 36.8 Å². The zero-order valence-corrected chi connectivity index (χ0v) is 12.6. The Morgan fingerprint density at radius 1 is 1.32 bits per heavy atom. The number of halogens is 1. The summed E-state index contributed by atoms with van der Waals surface area (Å²) in [7, 11) is 0. The molecule has 3 rings (SSSR count). The summed E-state index contributed by atoms with van der Waals surface area (Å²) in [5, 5.41) is 13.5. The fraction of sp³-hybridized carbons (Fsp3) is 0.600. The first-order chi connectivity index (χ1) is 9.24. The first-order valence-corrected chi connectivity index (χ1v) is 7.89. The van der Waals surface area contributed by atoms with Crippen molar-refractivity contribution in [3.63, 3.8) is 0 Å². The average molecular weight is 326 g/mol. The van der Waals surface area contributed by atoms with E-state index >= 15 is 0 Å². The minimum atomic E-state index is -0.199. The van der Waals surface area contributed by atoms with E-state index in [-0.39, 0.29) is 12.1 Å². The third-order valence-electron chi connectivity index (χ3n) is 4.11. The standard InChI is InChI=1S/C15H20BrNO2/c16-12-7-10-5-6-19-15(10)11(8-12)9-17-13-3-1-2-4-14(13)18/h7-8,13-14,17-18H,1-6,9H2/t13-,14-/m1/s1. The SMILES string of the molecule is O[C@@H]1CCCC[C@H]1NCc1cc(Br)cc2c1OCC2. The normalized spacial score (nSPS) is 26.0. The smallest absolute Gasteiger partial charge is 0.127 e. The van der Waals surface area contributed by atoms with Gasteiger partial charge in [-0.1, -0.05) is 28.8 Å². The molecule has 1 fully saturated rings. The van der Waals surface area contributed by atoms with Gasteiger partial charge in [0.05, 0.1) is 12.7 Å². The summed E-state index contributed by atoms with van der Waals surface area (Å²) in [4.78, 5) is 0. The van der Waals surface area contributed by atoms with Crippen LogP contribution in [0.2, 0.25) is 0 Å². The lowest BCUT2D eigenvalue weighted by atomic mass is 9.92. The summed E-state index contributed by atoms with van der Waals surface area (Å²) in [6.07, 6.45) is 5.14. The molecule has 2 N–H and O–H groups in total. The van der Waals surface area contributed by atoms with Gasteiger partial charge in [0.25, 0.3) is 0 Å². The lowest BCUT2D eigenvalue weighted by Crippen LogP contribution is -2.41. The number of hydrogen-bond donors (Lipinski definition) is 2. The highest BCUT2D eigenvalue weighted by Crippen LogP contribution is 2.33. The van der Waals surface area contributed by atoms with E-state index in [0.29, 0.717) is 0 Å². The Morgan fingerprint density at radius 3 is 3.00 bits per heavy atom. The summed E-state index contributed by atoms with van der Waals surface area (Å²) < 4.78 is 6.84. The van der Waals surface area contributed by atoms with Crippen molar-refractivity contribution in [3.8, 4) is 5.75 Å². The quantitative estimate of drug-likeness (QED) is 0.897. The minimum absolute atomic E-state index is 0.199. The second-order valence-corrected chi connectivity index (χ2v) is 6.41. The van der Waals surface area contributed by atoms with Gasteiger partial charge < -0.3 is 15.2 Å². The number of aliphatic hydroxyl groups excluding tert-OH is 1. The minimum Gasteiger partial charge on any atom is -0.493 e. The molecule has 4 heteroatoms. The summed E-state index contributed by atoms with van der Waals surface area (Å²) in [5.74, 6) is 1.04. The molecule has 19 heavy (non-hydrogen) atoms. The molecule has 1 aromatic rings. The van der Waals surface area contributed by atoms with E-state index in [1.165, 1.54) is 17.5 Å². The van der Waals surface area contributed by atoms with Crippen LogP contribution in [0.5, 0.6) is 5.75 Å². The van der Waals surface area contributed by atoms with Gasteiger partial charge in [0.2, 0.25) is 0 Å². The molecule has 1 aliphatic heterocycles. The zero-order valence-electron chi connectivity index (χ0n) is 11.0. The molecule has 0 spiro atoms. The number of aliphatic hydroxyl groups is 1. The van der Waals surface area contributed by atoms with Gasteiger partial charge in [-0.05, 0) is 30.5 Å². The van der Waals surface area contributed by atoms with Crippen LogP contribution in [0.15, 0.2) is 16.6 Å². The molecule has 0 unspecified atom stereocenters. The summed E-state index contributed by atoms with van der Waals surface area (Å²) in [5.41, 5.74) is 2.48. The molecule has 1 aromatic carbocycles. The molecule has 0 bridgehead atoms. The Morgan fingerprint density at radius 2 is 2.16 bits per heavy atom. The topological polar surface area (TPSA) is 41.5 Å². The summed E-state index contributed by atoms with van der Waals surface area (Å²) in [6.45, 7) is 1.55. The number of hydrogen-bond acceptors (Lipinski definition) is 3. The summed E-state index contributed by atoms with van der Waals surface area (Å²) in [6, 6.07) is 4.48. The van der Waals surface area contributed by atoms with Crippen LogP contribution in [0.25, 0.3) is 0 Å². The molecule has 104 valence electrons. The van der Waals surface area contributed by atoms with Crippen LogP contribution in [-0.2, 0) is 13.0 Å². The molecule has 0 saturated heterocycles. The maximum absolute atomic E-state index is 9.99. The van der Waals surface area contributed by atoms with E-state index in [1.807, 2.05) is 0 Å². The molecule has 3 nitrogen and oxygen atoms in total. The number of rotatable bonds is 3. The van der Waals surface area contributed by atoms with Crippen LogP contribution in [0, 0.1) is 0 Å². The van der Waals surface area contributed by atoms with E-state index in [0.717, 1.165) is 49.1 Å². The van der Waals surface area contributed by atoms with Crippen molar-refractivity contribution in [1.29, 1.82) is 0 Å². The average Bonchev–Trinajstić information content (AvgIpc) is 2.85. The van der Waals surface area contributed by atoms with Crippen LogP contribution in [0.3, 0.4) is 0 Å². The molecule has 1 heterocycles. The van der Waals surface area contributed by atoms with Crippen molar-refractivity contribution >= 4 is 15.9 Å². The number of ether oxygens (including phenoxy) is 1. The van der Waals surface area contributed by atoms with Gasteiger partial charge >= 0.3 is 0 Å². The second kappa shape index (κ2) is 5.81. The first kappa shape index (κ1) is 13.4. The van der Waals surface area contributed by atoms with E-state index in [9.17, 15) is 5.11 Å². The van der Waals surface area contributed by atoms with Gasteiger partial charge in [0.1, 0.15) is 5.75 Å². The maximum Gasteiger partial charge on any atom is 0.127 e. The molecule has 2 atom stereocenters. The van der Waals surface area contributed by atoms with Gasteiger partial charge in [-0.25, -0.2) is 0 Å². The van der Waals surface area contributed by atoms with Crippen molar-refractivity contribution in [2.45, 2.75) is 50.8 Å². The molecular formula is C15H20BrNO2. The largest absolute Gasteiger partial charge is 0.493 e. The molecule has 1 saturated carbocycles. The van der Waals surface area contributed by atoms with Crippen LogP contribution < -0.4 is 10.1 Å². The maximum atomic E-state index is 9.99. The lowest BCUT2D eigenvalue weighted by Gasteiger charge is -2.28. The van der Waals surface area contributed by atoms with Crippen LogP contribution in [0.4, 0.5) is 0 Å². The Balaban J connectivity index is 1.70. The Labute approximate surface area is 122 Å². The third-order valence-corrected chi connectivity index (χ3v) is 4.57. The van der Waals surface area contributed by atoms with Crippen LogP contribution in [-0.4, -0.2) is 23.9 Å². The van der Waals surface area contributed by atoms with E-state index in [4.69, 9.17) is 4.74 Å². The van der Waals surface area contributed by atoms with Crippen molar-refractivity contribution in [3.05, 3.63) is 27.7 Å². The lowest BCUT2D eigenvalue weighted by molar-refractivity contribution is 0.0901. The molecule has 0 radical (unpaired) electrons. The summed E-state index contributed by atoms with van der Waals surface area (Å²) >= 11 is 3.56. The van der Waals surface area contributed by atoms with Gasteiger partial charge in [-0.2, -0.15) is 0 Å². The Kier molecular flexibility index (Phi) is 4.10.